The molecule has 10 heteroatoms. The molecule has 2 heterocycles. The molecule has 3 rings (SSSR count). The topological polar surface area (TPSA) is 107 Å². The molecule has 0 unspecified atom stereocenters. The van der Waals surface area contributed by atoms with Gasteiger partial charge in [0.15, 0.2) is 11.5 Å². The molecule has 0 bridgehead atoms. The van der Waals surface area contributed by atoms with Crippen LogP contribution in [-0.4, -0.2) is 51.6 Å². The van der Waals surface area contributed by atoms with Crippen LogP contribution in [-0.2, 0) is 19.7 Å². The largest absolute Gasteiger partial charge is 0.469 e. The first-order chi connectivity index (χ1) is 11.6. The number of carbonyl (C=O) groups excluding carboxylic acids is 1. The first-order valence-electron chi connectivity index (χ1n) is 7.87. The van der Waals surface area contributed by atoms with Crippen molar-refractivity contribution in [3.8, 4) is 11.5 Å². The van der Waals surface area contributed by atoms with E-state index in [0.29, 0.717) is 0 Å². The van der Waals surface area contributed by atoms with E-state index in [1.54, 1.807) is 0 Å². The van der Waals surface area contributed by atoms with Crippen LogP contribution >= 0.6 is 0 Å². The van der Waals surface area contributed by atoms with Crippen molar-refractivity contribution in [3.05, 3.63) is 11.1 Å². The lowest BCUT2D eigenvalue weighted by Crippen LogP contribution is -2.34. The van der Waals surface area contributed by atoms with Crippen LogP contribution in [0.15, 0.2) is 9.79 Å². The van der Waals surface area contributed by atoms with Gasteiger partial charge in [-0.2, -0.15) is 0 Å². The summed E-state index contributed by atoms with van der Waals surface area (Å²) in [6.45, 7) is 6.82. The van der Waals surface area contributed by atoms with E-state index in [1.165, 1.54) is 53.6 Å². The predicted molar refractivity (Wildman–Crippen MR) is 93.0 cm³/mol. The first-order valence-corrected chi connectivity index (χ1v) is 10.8. The lowest BCUT2D eigenvalue weighted by Gasteiger charge is -2.20. The molecule has 0 aromatic heterocycles. The van der Waals surface area contributed by atoms with Gasteiger partial charge < -0.3 is 14.4 Å². The molecule has 26 heavy (non-hydrogen) atoms. The van der Waals surface area contributed by atoms with Gasteiger partial charge in [0.05, 0.1) is 0 Å². The quantitative estimate of drug-likeness (QED) is 0.699. The fourth-order valence-electron chi connectivity index (χ4n) is 3.13. The van der Waals surface area contributed by atoms with Crippen LogP contribution in [0.1, 0.15) is 43.6 Å². The van der Waals surface area contributed by atoms with Crippen LogP contribution in [0.3, 0.4) is 0 Å². The molecular formula is C16H21NO7S2. The molecule has 2 aliphatic heterocycles. The van der Waals surface area contributed by atoms with Crippen molar-refractivity contribution in [2.75, 3.05) is 14.1 Å². The number of nitrogens with zero attached hydrogens (tertiary/aromatic N) is 1. The van der Waals surface area contributed by atoms with E-state index < -0.39 is 35.4 Å². The smallest absolute Gasteiger partial charge is 0.261 e. The molecule has 0 spiro atoms. The molecule has 1 amide bonds. The van der Waals surface area contributed by atoms with E-state index in [4.69, 9.17) is 9.47 Å². The van der Waals surface area contributed by atoms with Crippen LogP contribution < -0.4 is 9.47 Å². The summed E-state index contributed by atoms with van der Waals surface area (Å²) in [5.74, 6) is -0.908. The van der Waals surface area contributed by atoms with Gasteiger partial charge in [-0.1, -0.05) is 0 Å². The third-order valence-electron chi connectivity index (χ3n) is 4.70. The molecule has 0 fully saturated rings. The van der Waals surface area contributed by atoms with E-state index in [2.05, 4.69) is 0 Å². The minimum atomic E-state index is -4.02. The van der Waals surface area contributed by atoms with Gasteiger partial charge in [-0.25, -0.2) is 16.8 Å². The Bertz CT molecular complexity index is 991. The first kappa shape index (κ1) is 19.0. The Balaban J connectivity index is 2.57. The molecule has 1 aromatic carbocycles. The number of ether oxygens (including phenoxy) is 2. The lowest BCUT2D eigenvalue weighted by atomic mass is 10.1. The van der Waals surface area contributed by atoms with Crippen molar-refractivity contribution in [2.45, 2.75) is 54.3 Å². The SMILES string of the molecule is Cc1c2c(c(C(=O)N(C)C)c3c1S(=O)(=O)C(C)(C)O3)OC(C)(C)S2(=O)=O. The van der Waals surface area contributed by atoms with Crippen molar-refractivity contribution in [1.29, 1.82) is 0 Å². The summed E-state index contributed by atoms with van der Waals surface area (Å²) < 4.78 is 63.1. The maximum Gasteiger partial charge on any atom is 0.261 e. The Morgan fingerprint density at radius 1 is 0.846 bits per heavy atom. The minimum Gasteiger partial charge on any atom is -0.469 e. The Hall–Kier alpha value is -1.81. The molecule has 0 N–H and O–H groups in total. The second-order valence-corrected chi connectivity index (χ2v) is 12.3. The molecule has 2 aliphatic rings. The maximum absolute atomic E-state index is 13.0. The van der Waals surface area contributed by atoms with E-state index in [1.807, 2.05) is 0 Å². The molecule has 0 saturated carbocycles. The van der Waals surface area contributed by atoms with Gasteiger partial charge in [0.25, 0.3) is 5.91 Å². The zero-order valence-corrected chi connectivity index (χ0v) is 17.3. The van der Waals surface area contributed by atoms with Crippen LogP contribution in [0.5, 0.6) is 11.5 Å². The average molecular weight is 403 g/mol. The lowest BCUT2D eigenvalue weighted by molar-refractivity contribution is 0.0810. The standard InChI is InChI=1S/C16H21NO7S2/c1-8-12-10(23-15(2,3)25(12,19)20)9(14(18)17(6)7)11-13(8)26(21,22)16(4,5)24-11/h1-7H3. The highest BCUT2D eigenvalue weighted by molar-refractivity contribution is 7.94. The maximum atomic E-state index is 13.0. The van der Waals surface area contributed by atoms with Gasteiger partial charge >= 0.3 is 0 Å². The number of hydrogen-bond donors (Lipinski definition) is 0. The number of sulfone groups is 2. The Kier molecular flexibility index (Phi) is 3.59. The number of benzene rings is 1. The summed E-state index contributed by atoms with van der Waals surface area (Å²) in [4.78, 5) is 10.2. The number of rotatable bonds is 1. The van der Waals surface area contributed by atoms with Gasteiger partial charge in [-0.15, -0.1) is 0 Å². The Labute approximate surface area is 152 Å². The fourth-order valence-corrected chi connectivity index (χ4v) is 6.35. The molecule has 8 nitrogen and oxygen atoms in total. The van der Waals surface area contributed by atoms with E-state index >= 15 is 0 Å². The number of fused-ring (bicyclic) bond motifs is 2. The molecular weight excluding hydrogens is 382 g/mol. The van der Waals surface area contributed by atoms with Gasteiger partial charge in [0, 0.05) is 14.1 Å². The normalized spacial score (nSPS) is 22.7. The highest BCUT2D eigenvalue weighted by Crippen LogP contribution is 2.56. The highest BCUT2D eigenvalue weighted by atomic mass is 32.2. The van der Waals surface area contributed by atoms with Gasteiger partial charge in [0.2, 0.25) is 29.5 Å². The van der Waals surface area contributed by atoms with Crippen molar-refractivity contribution < 1.29 is 31.1 Å². The van der Waals surface area contributed by atoms with Crippen LogP contribution in [0.25, 0.3) is 0 Å². The van der Waals surface area contributed by atoms with E-state index in [-0.39, 0.29) is 32.4 Å². The highest BCUT2D eigenvalue weighted by Gasteiger charge is 2.56. The fraction of sp³-hybridized carbons (Fsp3) is 0.562. The van der Waals surface area contributed by atoms with Gasteiger partial charge in [-0.3, -0.25) is 4.79 Å². The summed E-state index contributed by atoms with van der Waals surface area (Å²) in [6, 6.07) is 0. The molecule has 0 aliphatic carbocycles. The molecule has 1 aromatic rings. The summed E-state index contributed by atoms with van der Waals surface area (Å²) in [6.07, 6.45) is 0. The number of carbonyl (C=O) groups is 1. The summed E-state index contributed by atoms with van der Waals surface area (Å²) >= 11 is 0. The van der Waals surface area contributed by atoms with Crippen LogP contribution in [0, 0.1) is 6.92 Å². The number of amides is 1. The van der Waals surface area contributed by atoms with Crippen molar-refractivity contribution in [3.63, 3.8) is 0 Å². The van der Waals surface area contributed by atoms with Crippen molar-refractivity contribution in [1.82, 2.24) is 4.90 Å². The second kappa shape index (κ2) is 4.92. The Morgan fingerprint density at radius 3 is 1.50 bits per heavy atom. The number of hydrogen-bond acceptors (Lipinski definition) is 7. The summed E-state index contributed by atoms with van der Waals surface area (Å²) in [7, 11) is -5.08. The van der Waals surface area contributed by atoms with Crippen molar-refractivity contribution in [2.24, 2.45) is 0 Å². The minimum absolute atomic E-state index is 0.0152. The third-order valence-corrected chi connectivity index (χ3v) is 9.51. The monoisotopic (exact) mass is 403 g/mol. The molecule has 144 valence electrons. The molecule has 0 saturated heterocycles. The summed E-state index contributed by atoms with van der Waals surface area (Å²) in [5.41, 5.74) is -0.171. The molecule has 0 radical (unpaired) electrons. The predicted octanol–water partition coefficient (Wildman–Crippen LogP) is 1.50. The zero-order valence-electron chi connectivity index (χ0n) is 15.6. The summed E-state index contributed by atoms with van der Waals surface area (Å²) in [5, 5.41) is 0. The Morgan fingerprint density at radius 2 is 1.19 bits per heavy atom. The third kappa shape index (κ3) is 2.02. The van der Waals surface area contributed by atoms with Gasteiger partial charge in [0.1, 0.15) is 15.4 Å². The second-order valence-electron chi connectivity index (χ2n) is 7.53. The van der Waals surface area contributed by atoms with Crippen LogP contribution in [0.4, 0.5) is 0 Å². The van der Waals surface area contributed by atoms with Gasteiger partial charge in [-0.05, 0) is 40.2 Å². The van der Waals surface area contributed by atoms with E-state index in [9.17, 15) is 21.6 Å². The van der Waals surface area contributed by atoms with Crippen LogP contribution in [0.2, 0.25) is 0 Å². The molecule has 0 atom stereocenters. The van der Waals surface area contributed by atoms with Crippen molar-refractivity contribution >= 4 is 25.6 Å². The zero-order chi connectivity index (χ0) is 20.0. The van der Waals surface area contributed by atoms with E-state index in [0.717, 1.165) is 0 Å². The average Bonchev–Trinajstić information content (AvgIpc) is 2.74.